The van der Waals surface area contributed by atoms with E-state index in [1.165, 1.54) is 6.07 Å². The van der Waals surface area contributed by atoms with Gasteiger partial charge in [0.1, 0.15) is 29.1 Å². The molecule has 0 bridgehead atoms. The lowest BCUT2D eigenvalue weighted by Gasteiger charge is -2.22. The highest BCUT2D eigenvalue weighted by molar-refractivity contribution is 6.02. The molecule has 1 aromatic heterocycles. The van der Waals surface area contributed by atoms with Crippen LogP contribution in [0, 0.1) is 17.6 Å². The van der Waals surface area contributed by atoms with Crippen LogP contribution in [0.4, 0.5) is 14.5 Å². The summed E-state index contributed by atoms with van der Waals surface area (Å²) < 4.78 is 27.8. The topological polar surface area (TPSA) is 86.9 Å². The summed E-state index contributed by atoms with van der Waals surface area (Å²) in [6.45, 7) is 5.58. The largest absolute Gasteiger partial charge is 0.342 e. The summed E-state index contributed by atoms with van der Waals surface area (Å²) >= 11 is 0. The molecule has 164 valence electrons. The zero-order chi connectivity index (χ0) is 22.5. The highest BCUT2D eigenvalue weighted by Crippen LogP contribution is 2.19. The fourth-order valence-corrected chi connectivity index (χ4v) is 3.29. The fraction of sp³-hybridized carbons (Fsp3) is 0.348. The highest BCUT2D eigenvalue weighted by atomic mass is 19.1. The van der Waals surface area contributed by atoms with Crippen molar-refractivity contribution in [3.8, 4) is 0 Å². The van der Waals surface area contributed by atoms with E-state index >= 15 is 0 Å². The van der Waals surface area contributed by atoms with Crippen LogP contribution < -0.4 is 10.6 Å². The van der Waals surface area contributed by atoms with E-state index in [1.54, 1.807) is 32.0 Å². The Labute approximate surface area is 179 Å². The molecule has 0 aliphatic carbocycles. The number of carbonyl (C=O) groups excluding carboxylic acids is 2. The minimum atomic E-state index is -0.982. The molecule has 1 atom stereocenters. The fourth-order valence-electron chi connectivity index (χ4n) is 3.29. The first-order valence-electron chi connectivity index (χ1n) is 10.3. The Morgan fingerprint density at radius 1 is 1.13 bits per heavy atom. The third-order valence-electron chi connectivity index (χ3n) is 4.99. The Kier molecular flexibility index (Phi) is 6.99. The predicted molar refractivity (Wildman–Crippen MR) is 116 cm³/mol. The lowest BCUT2D eigenvalue weighted by atomic mass is 10.0. The maximum Gasteiger partial charge on any atom is 0.257 e. The van der Waals surface area contributed by atoms with Crippen LogP contribution in [0.2, 0.25) is 0 Å². The van der Waals surface area contributed by atoms with Gasteiger partial charge in [0.05, 0.1) is 11.0 Å². The molecule has 6 nitrogen and oxygen atoms in total. The molecule has 0 aliphatic rings. The lowest BCUT2D eigenvalue weighted by molar-refractivity contribution is -0.118. The van der Waals surface area contributed by atoms with Gasteiger partial charge in [0.15, 0.2) is 0 Å². The number of hydrogen-bond donors (Lipinski definition) is 3. The van der Waals surface area contributed by atoms with Crippen molar-refractivity contribution < 1.29 is 18.4 Å². The number of carbonyl (C=O) groups is 2. The second kappa shape index (κ2) is 9.68. The highest BCUT2D eigenvalue weighted by Gasteiger charge is 2.27. The van der Waals surface area contributed by atoms with Gasteiger partial charge in [-0.25, -0.2) is 13.8 Å². The zero-order valence-corrected chi connectivity index (χ0v) is 17.8. The van der Waals surface area contributed by atoms with Gasteiger partial charge in [0.2, 0.25) is 5.91 Å². The number of aromatic nitrogens is 2. The Bertz CT molecular complexity index is 1070. The van der Waals surface area contributed by atoms with Gasteiger partial charge in [-0.3, -0.25) is 9.59 Å². The molecular weight excluding hydrogens is 402 g/mol. The number of H-pyrrole nitrogens is 1. The number of halogens is 2. The van der Waals surface area contributed by atoms with E-state index in [4.69, 9.17) is 0 Å². The van der Waals surface area contributed by atoms with Gasteiger partial charge in [0.25, 0.3) is 5.91 Å². The number of imidazole rings is 1. The number of aryl methyl sites for hydroxylation is 1. The third kappa shape index (κ3) is 5.25. The molecular formula is C23H26F2N4O2. The Hall–Kier alpha value is -3.29. The summed E-state index contributed by atoms with van der Waals surface area (Å²) in [5, 5.41) is 5.21. The standard InChI is InChI=1S/C23H26F2N4O2/c1-4-5-9-19-27-17-11-10-14(12-18(17)28-19)26-23(31)21(13(2)3)29-22(30)20-15(24)7-6-8-16(20)25/h6-8,10-13,21H,4-5,9H2,1-3H3,(H,26,31)(H,27,28)(H,29,30). The van der Waals surface area contributed by atoms with E-state index in [9.17, 15) is 18.4 Å². The maximum atomic E-state index is 13.9. The molecule has 1 heterocycles. The number of fused-ring (bicyclic) bond motifs is 1. The number of benzene rings is 2. The predicted octanol–water partition coefficient (Wildman–Crippen LogP) is 4.58. The summed E-state index contributed by atoms with van der Waals surface area (Å²) in [6, 6.07) is 7.48. The molecule has 0 spiro atoms. The number of amides is 2. The molecule has 3 rings (SSSR count). The van der Waals surface area contributed by atoms with Crippen molar-refractivity contribution in [3.63, 3.8) is 0 Å². The van der Waals surface area contributed by atoms with Gasteiger partial charge in [-0.2, -0.15) is 0 Å². The van der Waals surface area contributed by atoms with Gasteiger partial charge in [0, 0.05) is 12.1 Å². The van der Waals surface area contributed by atoms with E-state index in [1.807, 2.05) is 0 Å². The second-order valence-electron chi connectivity index (χ2n) is 7.80. The van der Waals surface area contributed by atoms with Crippen molar-refractivity contribution in [2.75, 3.05) is 5.32 Å². The SMILES string of the molecule is CCCCc1nc2ccc(NC(=O)C(NC(=O)c3c(F)cccc3F)C(C)C)cc2[nH]1. The monoisotopic (exact) mass is 428 g/mol. The Morgan fingerprint density at radius 3 is 2.48 bits per heavy atom. The summed E-state index contributed by atoms with van der Waals surface area (Å²) in [4.78, 5) is 33.0. The maximum absolute atomic E-state index is 13.9. The molecule has 0 saturated carbocycles. The van der Waals surface area contributed by atoms with Crippen molar-refractivity contribution in [3.05, 3.63) is 59.4 Å². The first-order valence-corrected chi connectivity index (χ1v) is 10.3. The van der Waals surface area contributed by atoms with E-state index in [2.05, 4.69) is 27.5 Å². The van der Waals surface area contributed by atoms with E-state index < -0.39 is 35.1 Å². The lowest BCUT2D eigenvalue weighted by Crippen LogP contribution is -2.47. The van der Waals surface area contributed by atoms with Crippen LogP contribution in [0.5, 0.6) is 0 Å². The smallest absolute Gasteiger partial charge is 0.257 e. The number of anilines is 1. The first kappa shape index (κ1) is 22.4. The molecule has 0 saturated heterocycles. The van der Waals surface area contributed by atoms with Crippen molar-refractivity contribution in [2.24, 2.45) is 5.92 Å². The van der Waals surface area contributed by atoms with Crippen molar-refractivity contribution >= 4 is 28.5 Å². The van der Waals surface area contributed by atoms with Gasteiger partial charge >= 0.3 is 0 Å². The molecule has 3 N–H and O–H groups in total. The molecule has 31 heavy (non-hydrogen) atoms. The van der Waals surface area contributed by atoms with Crippen LogP contribution >= 0.6 is 0 Å². The van der Waals surface area contributed by atoms with Crippen molar-refractivity contribution in [2.45, 2.75) is 46.1 Å². The van der Waals surface area contributed by atoms with Crippen LogP contribution in [-0.4, -0.2) is 27.8 Å². The molecule has 0 aliphatic heterocycles. The molecule has 1 unspecified atom stereocenters. The normalized spacial score (nSPS) is 12.2. The third-order valence-corrected chi connectivity index (χ3v) is 4.99. The van der Waals surface area contributed by atoms with Gasteiger partial charge in [-0.15, -0.1) is 0 Å². The van der Waals surface area contributed by atoms with Crippen molar-refractivity contribution in [1.29, 1.82) is 0 Å². The molecule has 2 amide bonds. The van der Waals surface area contributed by atoms with E-state index in [-0.39, 0.29) is 5.92 Å². The van der Waals surface area contributed by atoms with Crippen LogP contribution in [0.1, 0.15) is 49.8 Å². The number of unbranched alkanes of at least 4 members (excludes halogenated alkanes) is 1. The van der Waals surface area contributed by atoms with Gasteiger partial charge in [-0.05, 0) is 42.7 Å². The number of rotatable bonds is 8. The van der Waals surface area contributed by atoms with Crippen LogP contribution in [0.25, 0.3) is 11.0 Å². The van der Waals surface area contributed by atoms with Gasteiger partial charge < -0.3 is 15.6 Å². The van der Waals surface area contributed by atoms with Crippen molar-refractivity contribution in [1.82, 2.24) is 15.3 Å². The molecule has 3 aromatic rings. The summed E-state index contributed by atoms with van der Waals surface area (Å²) in [7, 11) is 0. The summed E-state index contributed by atoms with van der Waals surface area (Å²) in [6.07, 6.45) is 2.94. The number of hydrogen-bond acceptors (Lipinski definition) is 3. The quantitative estimate of drug-likeness (QED) is 0.491. The minimum Gasteiger partial charge on any atom is -0.342 e. The average molecular weight is 428 g/mol. The number of nitrogens with zero attached hydrogens (tertiary/aromatic N) is 1. The van der Waals surface area contributed by atoms with Crippen LogP contribution in [-0.2, 0) is 11.2 Å². The van der Waals surface area contributed by atoms with Crippen LogP contribution in [0.15, 0.2) is 36.4 Å². The Balaban J connectivity index is 1.75. The summed E-state index contributed by atoms with van der Waals surface area (Å²) in [5.74, 6) is -2.85. The average Bonchev–Trinajstić information content (AvgIpc) is 3.12. The van der Waals surface area contributed by atoms with E-state index in [0.29, 0.717) is 5.69 Å². The molecule has 8 heteroatoms. The number of nitrogens with one attached hydrogen (secondary N) is 3. The van der Waals surface area contributed by atoms with E-state index in [0.717, 1.165) is 48.3 Å². The summed E-state index contributed by atoms with van der Waals surface area (Å²) in [5.41, 5.74) is 1.41. The first-order chi connectivity index (χ1) is 14.8. The van der Waals surface area contributed by atoms with Crippen LogP contribution in [0.3, 0.4) is 0 Å². The van der Waals surface area contributed by atoms with Gasteiger partial charge in [-0.1, -0.05) is 33.3 Å². The second-order valence-corrected chi connectivity index (χ2v) is 7.80. The molecule has 2 aromatic carbocycles. The number of aromatic amines is 1. The Morgan fingerprint density at radius 2 is 1.84 bits per heavy atom. The molecule has 0 fully saturated rings. The zero-order valence-electron chi connectivity index (χ0n) is 17.8. The molecule has 0 radical (unpaired) electrons. The minimum absolute atomic E-state index is 0.310.